The van der Waals surface area contributed by atoms with Crippen molar-refractivity contribution in [3.63, 3.8) is 0 Å². The van der Waals surface area contributed by atoms with Gasteiger partial charge in [0.15, 0.2) is 5.69 Å². The topological polar surface area (TPSA) is 124 Å². The monoisotopic (exact) mass is 447 g/mol. The molecular weight excluding hydrogens is 424 g/mol. The number of rotatable bonds is 5. The molecule has 1 aromatic carbocycles. The Morgan fingerprint density at radius 1 is 1.23 bits per heavy atom. The van der Waals surface area contributed by atoms with Crippen LogP contribution in [-0.4, -0.2) is 32.8 Å². The lowest BCUT2D eigenvalue weighted by Crippen LogP contribution is -2.33. The number of nitrogens with two attached hydrogens (primary N) is 2. The Bertz CT molecular complexity index is 1080. The number of thiazole rings is 1. The van der Waals surface area contributed by atoms with Crippen molar-refractivity contribution in [2.24, 2.45) is 12.8 Å². The van der Waals surface area contributed by atoms with Crippen molar-refractivity contribution < 1.29 is 13.6 Å². The number of carbonyl (C=O) groups is 1. The maximum absolute atomic E-state index is 14.1. The van der Waals surface area contributed by atoms with Crippen molar-refractivity contribution >= 4 is 33.8 Å². The number of hydrogen-bond acceptors (Lipinski definition) is 7. The predicted octanol–water partition coefficient (Wildman–Crippen LogP) is 3.34. The molecule has 0 saturated heterocycles. The minimum absolute atomic E-state index is 0.00123. The third-order valence-electron chi connectivity index (χ3n) is 5.34. The third-order valence-corrected chi connectivity index (χ3v) is 6.25. The van der Waals surface area contributed by atoms with Crippen LogP contribution in [0.25, 0.3) is 10.6 Å². The van der Waals surface area contributed by atoms with Crippen molar-refractivity contribution in [3.8, 4) is 10.6 Å². The molecule has 1 amide bonds. The zero-order chi connectivity index (χ0) is 22.1. The van der Waals surface area contributed by atoms with Crippen LogP contribution >= 0.6 is 11.3 Å². The number of anilines is 3. The first-order valence-electron chi connectivity index (χ1n) is 9.89. The number of nitrogens with zero attached hydrogens (tertiary/aromatic N) is 3. The molecule has 164 valence electrons. The van der Waals surface area contributed by atoms with Crippen molar-refractivity contribution in [1.29, 1.82) is 0 Å². The Morgan fingerprint density at radius 2 is 1.90 bits per heavy atom. The molecule has 11 heteroatoms. The maximum Gasteiger partial charge on any atom is 0.277 e. The van der Waals surface area contributed by atoms with Gasteiger partial charge in [-0.1, -0.05) is 17.4 Å². The molecule has 0 spiro atoms. The second-order valence-electron chi connectivity index (χ2n) is 7.57. The molecule has 6 N–H and O–H groups in total. The second-order valence-corrected chi connectivity index (χ2v) is 8.60. The molecule has 1 aliphatic rings. The van der Waals surface area contributed by atoms with Crippen LogP contribution in [0.4, 0.5) is 25.3 Å². The van der Waals surface area contributed by atoms with Gasteiger partial charge in [0.1, 0.15) is 33.1 Å². The number of amides is 1. The lowest BCUT2D eigenvalue weighted by Gasteiger charge is -2.27. The molecule has 0 bridgehead atoms. The van der Waals surface area contributed by atoms with Gasteiger partial charge in [-0.25, -0.2) is 13.8 Å². The van der Waals surface area contributed by atoms with Gasteiger partial charge in [0.2, 0.25) is 0 Å². The highest BCUT2D eigenvalue weighted by atomic mass is 32.1. The number of aromatic nitrogens is 3. The van der Waals surface area contributed by atoms with Crippen molar-refractivity contribution in [2.45, 2.75) is 37.8 Å². The quantitative estimate of drug-likeness (QED) is 0.476. The molecule has 2 aromatic heterocycles. The summed E-state index contributed by atoms with van der Waals surface area (Å²) in [5.74, 6) is -1.47. The summed E-state index contributed by atoms with van der Waals surface area (Å²) in [4.78, 5) is 16.9. The standard InChI is InChI=1S/C20H23F2N7OS/c1-29-18(26-11-7-5-10(23)6-8-11)14(9-25-29)27-19(30)16-17(24)31-20(28-16)15-12(21)3-2-4-13(15)22/h2-4,9-11,26H,5-8,23-24H2,1H3,(H,27,30). The Hall–Kier alpha value is -3.05. The van der Waals surface area contributed by atoms with Crippen molar-refractivity contribution in [1.82, 2.24) is 14.8 Å². The fourth-order valence-corrected chi connectivity index (χ4v) is 4.52. The Kier molecular flexibility index (Phi) is 5.88. The summed E-state index contributed by atoms with van der Waals surface area (Å²) < 4.78 is 29.8. The Balaban J connectivity index is 1.54. The highest BCUT2D eigenvalue weighted by Gasteiger charge is 2.24. The van der Waals surface area contributed by atoms with Gasteiger partial charge in [-0.2, -0.15) is 5.10 Å². The van der Waals surface area contributed by atoms with E-state index in [0.717, 1.165) is 49.2 Å². The molecule has 2 heterocycles. The van der Waals surface area contributed by atoms with Crippen LogP contribution in [0.2, 0.25) is 0 Å². The summed E-state index contributed by atoms with van der Waals surface area (Å²) in [6.07, 6.45) is 5.24. The SMILES string of the molecule is Cn1ncc(NC(=O)c2nc(-c3c(F)cccc3F)sc2N)c1NC1CCC(N)CC1. The van der Waals surface area contributed by atoms with Gasteiger partial charge < -0.3 is 22.1 Å². The summed E-state index contributed by atoms with van der Waals surface area (Å²) in [6, 6.07) is 3.97. The molecule has 0 aliphatic heterocycles. The minimum Gasteiger partial charge on any atom is -0.389 e. The van der Waals surface area contributed by atoms with E-state index < -0.39 is 17.5 Å². The first kappa shape index (κ1) is 21.2. The lowest BCUT2D eigenvalue weighted by atomic mass is 9.92. The van der Waals surface area contributed by atoms with E-state index in [4.69, 9.17) is 11.5 Å². The van der Waals surface area contributed by atoms with Crippen LogP contribution in [-0.2, 0) is 7.05 Å². The molecule has 3 aromatic rings. The van der Waals surface area contributed by atoms with E-state index >= 15 is 0 Å². The second kappa shape index (κ2) is 8.60. The average Bonchev–Trinajstić information content (AvgIpc) is 3.27. The van der Waals surface area contributed by atoms with Crippen LogP contribution in [0.5, 0.6) is 0 Å². The molecule has 1 aliphatic carbocycles. The highest BCUT2D eigenvalue weighted by Crippen LogP contribution is 2.34. The van der Waals surface area contributed by atoms with Crippen molar-refractivity contribution in [3.05, 3.63) is 41.7 Å². The summed E-state index contributed by atoms with van der Waals surface area (Å²) in [5, 5.41) is 10.4. The third kappa shape index (κ3) is 4.37. The summed E-state index contributed by atoms with van der Waals surface area (Å²) in [6.45, 7) is 0. The van der Waals surface area contributed by atoms with Gasteiger partial charge in [0.25, 0.3) is 5.91 Å². The van der Waals surface area contributed by atoms with Crippen LogP contribution in [0.15, 0.2) is 24.4 Å². The molecule has 1 fully saturated rings. The first-order valence-corrected chi connectivity index (χ1v) is 10.7. The molecule has 31 heavy (non-hydrogen) atoms. The number of nitrogens with one attached hydrogen (secondary N) is 2. The summed E-state index contributed by atoms with van der Waals surface area (Å²) in [5.41, 5.74) is 12.0. The Labute approximate surface area is 181 Å². The maximum atomic E-state index is 14.1. The van der Waals surface area contributed by atoms with E-state index in [1.54, 1.807) is 11.7 Å². The minimum atomic E-state index is -0.772. The van der Waals surface area contributed by atoms with Gasteiger partial charge in [0.05, 0.1) is 11.8 Å². The molecule has 8 nitrogen and oxygen atoms in total. The van der Waals surface area contributed by atoms with Crippen LogP contribution < -0.4 is 22.1 Å². The number of aryl methyl sites for hydroxylation is 1. The van der Waals surface area contributed by atoms with Crippen LogP contribution in [0, 0.1) is 11.6 Å². The van der Waals surface area contributed by atoms with Gasteiger partial charge in [-0.15, -0.1) is 0 Å². The van der Waals surface area contributed by atoms with Crippen molar-refractivity contribution in [2.75, 3.05) is 16.4 Å². The Morgan fingerprint density at radius 3 is 2.58 bits per heavy atom. The number of hydrogen-bond donors (Lipinski definition) is 4. The number of carbonyl (C=O) groups excluding carboxylic acids is 1. The number of nitrogen functional groups attached to an aromatic ring is 1. The molecule has 4 rings (SSSR count). The summed E-state index contributed by atoms with van der Waals surface area (Å²) >= 11 is 0.850. The number of benzene rings is 1. The largest absolute Gasteiger partial charge is 0.389 e. The van der Waals surface area contributed by atoms with E-state index in [1.165, 1.54) is 12.3 Å². The molecule has 1 saturated carbocycles. The fraction of sp³-hybridized carbons (Fsp3) is 0.350. The van der Waals surface area contributed by atoms with Gasteiger partial charge in [0, 0.05) is 19.1 Å². The smallest absolute Gasteiger partial charge is 0.277 e. The van der Waals surface area contributed by atoms with E-state index in [2.05, 4.69) is 20.7 Å². The van der Waals surface area contributed by atoms with Crippen LogP contribution in [0.1, 0.15) is 36.2 Å². The van der Waals surface area contributed by atoms with Gasteiger partial charge in [-0.05, 0) is 37.8 Å². The van der Waals surface area contributed by atoms with Gasteiger partial charge >= 0.3 is 0 Å². The summed E-state index contributed by atoms with van der Waals surface area (Å²) in [7, 11) is 1.77. The lowest BCUT2D eigenvalue weighted by molar-refractivity contribution is 0.102. The molecule has 0 radical (unpaired) electrons. The highest BCUT2D eigenvalue weighted by molar-refractivity contribution is 7.19. The van der Waals surface area contributed by atoms with Gasteiger partial charge in [-0.3, -0.25) is 9.48 Å². The first-order chi connectivity index (χ1) is 14.8. The average molecular weight is 448 g/mol. The van der Waals surface area contributed by atoms with E-state index in [-0.39, 0.29) is 33.3 Å². The zero-order valence-corrected chi connectivity index (χ0v) is 17.7. The normalized spacial score (nSPS) is 18.7. The predicted molar refractivity (Wildman–Crippen MR) is 117 cm³/mol. The molecule has 0 unspecified atom stereocenters. The molecular formula is C20H23F2N7OS. The van der Waals surface area contributed by atoms with Crippen LogP contribution in [0.3, 0.4) is 0 Å². The fourth-order valence-electron chi connectivity index (χ4n) is 3.64. The van der Waals surface area contributed by atoms with E-state index in [9.17, 15) is 13.6 Å². The number of halogens is 2. The zero-order valence-electron chi connectivity index (χ0n) is 16.9. The van der Waals surface area contributed by atoms with E-state index in [1.807, 2.05) is 0 Å². The molecule has 0 atom stereocenters. The van der Waals surface area contributed by atoms with E-state index in [0.29, 0.717) is 11.5 Å².